The molecular weight excluding hydrogens is 192 g/mol. The predicted molar refractivity (Wildman–Crippen MR) is 55.4 cm³/mol. The number of hydrogen-bond acceptors (Lipinski definition) is 5. The fraction of sp³-hybridized carbons (Fsp3) is 0.800. The van der Waals surface area contributed by atoms with Gasteiger partial charge in [-0.1, -0.05) is 5.10 Å². The molecule has 2 N–H and O–H groups in total. The third kappa shape index (κ3) is 2.68. The van der Waals surface area contributed by atoms with Crippen LogP contribution < -0.4 is 10.6 Å². The molecule has 2 saturated carbocycles. The Hall–Kier alpha value is -1.10. The Morgan fingerprint density at radius 2 is 2.07 bits per heavy atom. The molecule has 3 rings (SSSR count). The molecule has 2 aliphatic rings. The Bertz CT molecular complexity index is 299. The van der Waals surface area contributed by atoms with Crippen molar-refractivity contribution in [2.45, 2.75) is 38.3 Å². The van der Waals surface area contributed by atoms with Gasteiger partial charge in [0, 0.05) is 12.6 Å². The third-order valence-corrected chi connectivity index (χ3v) is 2.83. The number of aromatic nitrogens is 2. The minimum atomic E-state index is 0.564. The number of nitrogens with zero attached hydrogens (tertiary/aromatic N) is 2. The molecule has 0 aromatic carbocycles. The molecule has 0 spiro atoms. The molecular formula is C10H16N4O. The molecule has 5 nitrogen and oxygen atoms in total. The molecule has 0 atom stereocenters. The Balaban J connectivity index is 1.45. The van der Waals surface area contributed by atoms with Crippen LogP contribution >= 0.6 is 0 Å². The summed E-state index contributed by atoms with van der Waals surface area (Å²) in [5.41, 5.74) is 0. The Labute approximate surface area is 88.6 Å². The minimum absolute atomic E-state index is 0.564. The average molecular weight is 208 g/mol. The van der Waals surface area contributed by atoms with Gasteiger partial charge in [-0.05, 0) is 31.6 Å². The molecule has 82 valence electrons. The highest BCUT2D eigenvalue weighted by molar-refractivity contribution is 5.17. The third-order valence-electron chi connectivity index (χ3n) is 2.83. The maximum atomic E-state index is 5.44. The van der Waals surface area contributed by atoms with Gasteiger partial charge in [0.25, 0.3) is 0 Å². The van der Waals surface area contributed by atoms with Crippen LogP contribution in [0.25, 0.3) is 0 Å². The van der Waals surface area contributed by atoms with Gasteiger partial charge in [-0.2, -0.15) is 0 Å². The minimum Gasteiger partial charge on any atom is -0.407 e. The summed E-state index contributed by atoms with van der Waals surface area (Å²) >= 11 is 0. The topological polar surface area (TPSA) is 63.0 Å². The van der Waals surface area contributed by atoms with Crippen molar-refractivity contribution in [1.82, 2.24) is 15.5 Å². The van der Waals surface area contributed by atoms with Gasteiger partial charge in [-0.25, -0.2) is 0 Å². The Morgan fingerprint density at radius 3 is 2.80 bits per heavy atom. The number of nitrogens with one attached hydrogen (secondary N) is 2. The highest BCUT2D eigenvalue weighted by Crippen LogP contribution is 2.28. The molecule has 1 heterocycles. The van der Waals surface area contributed by atoms with Gasteiger partial charge in [0.05, 0.1) is 6.54 Å². The van der Waals surface area contributed by atoms with E-state index in [1.54, 1.807) is 0 Å². The highest BCUT2D eigenvalue weighted by Gasteiger charge is 2.22. The number of hydrogen-bond donors (Lipinski definition) is 2. The van der Waals surface area contributed by atoms with Gasteiger partial charge < -0.3 is 15.1 Å². The van der Waals surface area contributed by atoms with Crippen molar-refractivity contribution in [3.8, 4) is 0 Å². The number of rotatable bonds is 6. The molecule has 0 saturated heterocycles. The van der Waals surface area contributed by atoms with Crippen LogP contribution in [-0.2, 0) is 6.54 Å². The maximum absolute atomic E-state index is 5.44. The standard InChI is InChI=1S/C10H16N4O/c1-2-7(1)5-12-10-14-13-9(15-10)6-11-8-3-4-8/h7-8,11H,1-6H2,(H,12,14). The monoisotopic (exact) mass is 208 g/mol. The Morgan fingerprint density at radius 1 is 1.20 bits per heavy atom. The molecule has 1 aromatic rings. The lowest BCUT2D eigenvalue weighted by Gasteiger charge is -1.97. The molecule has 0 bridgehead atoms. The normalized spacial score (nSPS) is 20.5. The first-order valence-electron chi connectivity index (χ1n) is 5.70. The second-order valence-electron chi connectivity index (χ2n) is 4.48. The summed E-state index contributed by atoms with van der Waals surface area (Å²) in [5.74, 6) is 1.50. The van der Waals surface area contributed by atoms with Crippen LogP contribution in [0.4, 0.5) is 6.01 Å². The second kappa shape index (κ2) is 3.81. The van der Waals surface area contributed by atoms with Gasteiger partial charge in [-0.3, -0.25) is 0 Å². The summed E-state index contributed by atoms with van der Waals surface area (Å²) in [4.78, 5) is 0. The molecule has 2 aliphatic carbocycles. The summed E-state index contributed by atoms with van der Waals surface area (Å²) in [7, 11) is 0. The van der Waals surface area contributed by atoms with E-state index in [4.69, 9.17) is 4.42 Å². The fourth-order valence-electron chi connectivity index (χ4n) is 1.47. The van der Waals surface area contributed by atoms with E-state index in [2.05, 4.69) is 20.8 Å². The second-order valence-corrected chi connectivity index (χ2v) is 4.48. The van der Waals surface area contributed by atoms with Gasteiger partial charge in [0.15, 0.2) is 0 Å². The number of anilines is 1. The van der Waals surface area contributed by atoms with E-state index in [-0.39, 0.29) is 0 Å². The first-order valence-corrected chi connectivity index (χ1v) is 5.70. The van der Waals surface area contributed by atoms with Crippen LogP contribution in [0.15, 0.2) is 4.42 Å². The van der Waals surface area contributed by atoms with Gasteiger partial charge in [-0.15, -0.1) is 5.10 Å². The van der Waals surface area contributed by atoms with E-state index >= 15 is 0 Å². The van der Waals surface area contributed by atoms with Gasteiger partial charge >= 0.3 is 6.01 Å². The summed E-state index contributed by atoms with van der Waals surface area (Å²) in [6.07, 6.45) is 5.22. The molecule has 0 radical (unpaired) electrons. The van der Waals surface area contributed by atoms with Crippen molar-refractivity contribution in [3.63, 3.8) is 0 Å². The smallest absolute Gasteiger partial charge is 0.315 e. The van der Waals surface area contributed by atoms with Crippen LogP contribution in [-0.4, -0.2) is 22.8 Å². The zero-order valence-corrected chi connectivity index (χ0v) is 8.70. The molecule has 0 unspecified atom stereocenters. The zero-order chi connectivity index (χ0) is 10.1. The lowest BCUT2D eigenvalue weighted by Crippen LogP contribution is -2.15. The first-order chi connectivity index (χ1) is 7.40. The maximum Gasteiger partial charge on any atom is 0.315 e. The van der Waals surface area contributed by atoms with Crippen LogP contribution in [0.2, 0.25) is 0 Å². The summed E-state index contributed by atoms with van der Waals surface area (Å²) < 4.78 is 5.44. The van der Waals surface area contributed by atoms with Crippen LogP contribution in [0.3, 0.4) is 0 Å². The van der Waals surface area contributed by atoms with Crippen LogP contribution in [0, 0.1) is 5.92 Å². The van der Waals surface area contributed by atoms with E-state index in [0.29, 0.717) is 24.5 Å². The van der Waals surface area contributed by atoms with Crippen molar-refractivity contribution in [1.29, 1.82) is 0 Å². The van der Waals surface area contributed by atoms with Crippen LogP contribution in [0.1, 0.15) is 31.6 Å². The van der Waals surface area contributed by atoms with E-state index in [1.807, 2.05) is 0 Å². The predicted octanol–water partition coefficient (Wildman–Crippen LogP) is 1.14. The van der Waals surface area contributed by atoms with Crippen molar-refractivity contribution < 1.29 is 4.42 Å². The first kappa shape index (κ1) is 9.15. The SMILES string of the molecule is C(NC1CC1)c1nnc(NCC2CC2)o1. The van der Waals surface area contributed by atoms with Crippen molar-refractivity contribution in [2.24, 2.45) is 5.92 Å². The van der Waals surface area contributed by atoms with E-state index in [0.717, 1.165) is 12.5 Å². The quantitative estimate of drug-likeness (QED) is 0.734. The summed E-state index contributed by atoms with van der Waals surface area (Å²) in [6, 6.07) is 1.24. The summed E-state index contributed by atoms with van der Waals surface area (Å²) in [5, 5.41) is 14.4. The molecule has 5 heteroatoms. The summed E-state index contributed by atoms with van der Waals surface area (Å²) in [6.45, 7) is 1.67. The zero-order valence-electron chi connectivity index (χ0n) is 8.70. The largest absolute Gasteiger partial charge is 0.407 e. The van der Waals surface area contributed by atoms with E-state index in [1.165, 1.54) is 25.7 Å². The van der Waals surface area contributed by atoms with Crippen molar-refractivity contribution in [2.75, 3.05) is 11.9 Å². The molecule has 0 aliphatic heterocycles. The van der Waals surface area contributed by atoms with Gasteiger partial charge in [0.1, 0.15) is 0 Å². The van der Waals surface area contributed by atoms with Crippen LogP contribution in [0.5, 0.6) is 0 Å². The van der Waals surface area contributed by atoms with Gasteiger partial charge in [0.2, 0.25) is 5.89 Å². The molecule has 15 heavy (non-hydrogen) atoms. The lowest BCUT2D eigenvalue weighted by molar-refractivity contribution is 0.475. The fourth-order valence-corrected chi connectivity index (χ4v) is 1.47. The molecule has 2 fully saturated rings. The average Bonchev–Trinajstić information content (AvgIpc) is 3.14. The van der Waals surface area contributed by atoms with E-state index < -0.39 is 0 Å². The van der Waals surface area contributed by atoms with Crippen molar-refractivity contribution in [3.05, 3.63) is 5.89 Å². The van der Waals surface area contributed by atoms with E-state index in [9.17, 15) is 0 Å². The Kier molecular flexibility index (Phi) is 2.32. The van der Waals surface area contributed by atoms with Crippen molar-refractivity contribution >= 4 is 6.01 Å². The molecule has 0 amide bonds. The molecule has 1 aromatic heterocycles. The lowest BCUT2D eigenvalue weighted by atomic mass is 10.4. The highest BCUT2D eigenvalue weighted by atomic mass is 16.4.